The van der Waals surface area contributed by atoms with Crippen molar-refractivity contribution in [1.82, 2.24) is 15.1 Å². The van der Waals surface area contributed by atoms with Crippen LogP contribution in [-0.4, -0.2) is 34.7 Å². The fraction of sp³-hybridized carbons (Fsp3) is 0.615. The first-order chi connectivity index (χ1) is 15.1. The molecule has 2 heterocycles. The van der Waals surface area contributed by atoms with E-state index in [4.69, 9.17) is 11.6 Å². The average Bonchev–Trinajstić information content (AvgIpc) is 3.48. The SMILES string of the molecule is Fc1ccc(Cl)c(-c2ccc(CC[C@H]3CC34CCN(CC3CCCCC3)CC4)nn2)c1. The Bertz CT molecular complexity index is 886. The van der Waals surface area contributed by atoms with Crippen molar-refractivity contribution in [3.63, 3.8) is 0 Å². The van der Waals surface area contributed by atoms with Gasteiger partial charge in [-0.3, -0.25) is 0 Å². The van der Waals surface area contributed by atoms with Crippen LogP contribution in [0.1, 0.15) is 63.5 Å². The maximum absolute atomic E-state index is 13.5. The Balaban J connectivity index is 1.09. The number of aromatic nitrogens is 2. The lowest BCUT2D eigenvalue weighted by Gasteiger charge is -2.36. The van der Waals surface area contributed by atoms with Crippen molar-refractivity contribution in [2.75, 3.05) is 19.6 Å². The van der Waals surface area contributed by atoms with Crippen LogP contribution in [0, 0.1) is 23.1 Å². The largest absolute Gasteiger partial charge is 0.303 e. The molecule has 0 amide bonds. The van der Waals surface area contributed by atoms with E-state index in [9.17, 15) is 4.39 Å². The van der Waals surface area contributed by atoms with Crippen LogP contribution in [0.15, 0.2) is 30.3 Å². The van der Waals surface area contributed by atoms with Gasteiger partial charge in [-0.25, -0.2) is 4.39 Å². The number of piperidine rings is 1. The third kappa shape index (κ3) is 4.96. The highest BCUT2D eigenvalue weighted by molar-refractivity contribution is 6.33. The zero-order valence-electron chi connectivity index (χ0n) is 18.3. The predicted octanol–water partition coefficient (Wildman–Crippen LogP) is 6.55. The van der Waals surface area contributed by atoms with Crippen molar-refractivity contribution in [1.29, 1.82) is 0 Å². The van der Waals surface area contributed by atoms with Crippen LogP contribution in [0.2, 0.25) is 5.02 Å². The van der Waals surface area contributed by atoms with E-state index >= 15 is 0 Å². The Morgan fingerprint density at radius 1 is 1.03 bits per heavy atom. The van der Waals surface area contributed by atoms with Gasteiger partial charge in [0.15, 0.2) is 0 Å². The van der Waals surface area contributed by atoms with Crippen LogP contribution in [0.3, 0.4) is 0 Å². The minimum atomic E-state index is -0.311. The number of rotatable bonds is 6. The number of hydrogen-bond donors (Lipinski definition) is 0. The molecule has 3 aliphatic rings. The van der Waals surface area contributed by atoms with Gasteiger partial charge in [-0.2, -0.15) is 10.2 Å². The molecule has 5 heteroatoms. The molecule has 3 fully saturated rings. The number of likely N-dealkylation sites (tertiary alicyclic amines) is 1. The molecule has 0 bridgehead atoms. The maximum atomic E-state index is 13.5. The zero-order chi connectivity index (χ0) is 21.3. The van der Waals surface area contributed by atoms with Crippen molar-refractivity contribution in [3.8, 4) is 11.3 Å². The Hall–Kier alpha value is -1.52. The standard InChI is InChI=1S/C26H33ClFN3/c27-24-10-7-21(28)16-23(24)25-11-9-22(29-30-25)8-6-20-17-26(20)12-14-31(15-13-26)18-19-4-2-1-3-5-19/h7,9-11,16,19-20H,1-6,8,12-15,17-18H2/t20-/m0/s1. The van der Waals surface area contributed by atoms with E-state index in [1.165, 1.54) is 89.6 Å². The van der Waals surface area contributed by atoms with Crippen molar-refractivity contribution >= 4 is 11.6 Å². The summed E-state index contributed by atoms with van der Waals surface area (Å²) in [6, 6.07) is 8.27. The Morgan fingerprint density at radius 2 is 1.84 bits per heavy atom. The summed E-state index contributed by atoms with van der Waals surface area (Å²) in [5, 5.41) is 9.21. The van der Waals surface area contributed by atoms with Crippen LogP contribution in [0.4, 0.5) is 4.39 Å². The zero-order valence-corrected chi connectivity index (χ0v) is 19.1. The molecule has 2 aromatic rings. The van der Waals surface area contributed by atoms with Crippen LogP contribution in [0.5, 0.6) is 0 Å². The molecule has 166 valence electrons. The molecule has 3 nitrogen and oxygen atoms in total. The summed E-state index contributed by atoms with van der Waals surface area (Å²) in [5.74, 6) is 1.50. The Labute approximate surface area is 190 Å². The van der Waals surface area contributed by atoms with E-state index in [0.717, 1.165) is 24.0 Å². The number of aryl methyl sites for hydroxylation is 1. The number of nitrogens with zero attached hydrogens (tertiary/aromatic N) is 3. The summed E-state index contributed by atoms with van der Waals surface area (Å²) < 4.78 is 13.5. The van der Waals surface area contributed by atoms with E-state index in [1.54, 1.807) is 6.07 Å². The lowest BCUT2D eigenvalue weighted by atomic mass is 9.86. The normalized spacial score (nSPS) is 23.9. The predicted molar refractivity (Wildman–Crippen MR) is 124 cm³/mol. The minimum absolute atomic E-state index is 0.311. The molecule has 2 aliphatic carbocycles. The summed E-state index contributed by atoms with van der Waals surface area (Å²) in [4.78, 5) is 2.75. The summed E-state index contributed by atoms with van der Waals surface area (Å²) in [6.45, 7) is 3.95. The van der Waals surface area contributed by atoms with Crippen molar-refractivity contribution in [3.05, 3.63) is 46.9 Å². The van der Waals surface area contributed by atoms with E-state index < -0.39 is 0 Å². The lowest BCUT2D eigenvalue weighted by molar-refractivity contribution is 0.130. The van der Waals surface area contributed by atoms with E-state index in [2.05, 4.69) is 15.1 Å². The second-order valence-electron chi connectivity index (χ2n) is 10.1. The summed E-state index contributed by atoms with van der Waals surface area (Å²) >= 11 is 6.19. The number of benzene rings is 1. The van der Waals surface area contributed by atoms with Gasteiger partial charge in [-0.15, -0.1) is 0 Å². The quantitative estimate of drug-likeness (QED) is 0.508. The Kier molecular flexibility index (Phi) is 6.30. The molecular weight excluding hydrogens is 409 g/mol. The fourth-order valence-electron chi connectivity index (χ4n) is 6.02. The highest BCUT2D eigenvalue weighted by Crippen LogP contribution is 2.61. The van der Waals surface area contributed by atoms with Crippen LogP contribution in [-0.2, 0) is 6.42 Å². The average molecular weight is 442 g/mol. The summed E-state index contributed by atoms with van der Waals surface area (Å²) in [7, 11) is 0. The second-order valence-corrected chi connectivity index (χ2v) is 10.5. The van der Waals surface area contributed by atoms with Gasteiger partial charge < -0.3 is 4.90 Å². The van der Waals surface area contributed by atoms with Gasteiger partial charge in [0.2, 0.25) is 0 Å². The van der Waals surface area contributed by atoms with Crippen LogP contribution in [0.25, 0.3) is 11.3 Å². The summed E-state index contributed by atoms with van der Waals surface area (Å²) in [5.41, 5.74) is 2.86. The molecule has 1 aliphatic heterocycles. The topological polar surface area (TPSA) is 29.0 Å². The molecule has 1 aromatic carbocycles. The fourth-order valence-corrected chi connectivity index (χ4v) is 6.24. The van der Waals surface area contributed by atoms with Gasteiger partial charge in [0.05, 0.1) is 16.4 Å². The minimum Gasteiger partial charge on any atom is -0.303 e. The third-order valence-corrected chi connectivity index (χ3v) is 8.45. The van der Waals surface area contributed by atoms with E-state index in [0.29, 0.717) is 21.7 Å². The number of hydrogen-bond acceptors (Lipinski definition) is 3. The second kappa shape index (κ2) is 9.15. The lowest BCUT2D eigenvalue weighted by Crippen LogP contribution is -2.38. The molecule has 0 radical (unpaired) electrons. The van der Waals surface area contributed by atoms with Crippen molar-refractivity contribution in [2.24, 2.45) is 17.3 Å². The molecule has 31 heavy (non-hydrogen) atoms. The van der Waals surface area contributed by atoms with Crippen LogP contribution >= 0.6 is 11.6 Å². The van der Waals surface area contributed by atoms with E-state index in [-0.39, 0.29) is 5.82 Å². The van der Waals surface area contributed by atoms with Crippen molar-refractivity contribution < 1.29 is 4.39 Å². The summed E-state index contributed by atoms with van der Waals surface area (Å²) in [6.07, 6.45) is 13.6. The van der Waals surface area contributed by atoms with Gasteiger partial charge in [0.1, 0.15) is 5.82 Å². The highest BCUT2D eigenvalue weighted by atomic mass is 35.5. The molecule has 1 aromatic heterocycles. The molecule has 1 spiro atoms. The monoisotopic (exact) mass is 441 g/mol. The van der Waals surface area contributed by atoms with Gasteiger partial charge in [-0.05, 0) is 106 Å². The number of halogens is 2. The third-order valence-electron chi connectivity index (χ3n) is 8.12. The molecular formula is C26H33ClFN3. The maximum Gasteiger partial charge on any atom is 0.123 e. The Morgan fingerprint density at radius 3 is 2.58 bits per heavy atom. The first-order valence-electron chi connectivity index (χ1n) is 12.1. The molecule has 0 N–H and O–H groups in total. The molecule has 5 rings (SSSR count). The molecule has 0 unspecified atom stereocenters. The van der Waals surface area contributed by atoms with Gasteiger partial charge in [-0.1, -0.05) is 30.9 Å². The van der Waals surface area contributed by atoms with Crippen molar-refractivity contribution in [2.45, 2.75) is 64.2 Å². The van der Waals surface area contributed by atoms with Gasteiger partial charge in [0.25, 0.3) is 0 Å². The first kappa shape index (κ1) is 21.3. The van der Waals surface area contributed by atoms with Gasteiger partial charge in [0, 0.05) is 12.1 Å². The van der Waals surface area contributed by atoms with Gasteiger partial charge >= 0.3 is 0 Å². The molecule has 1 saturated heterocycles. The molecule has 1 atom stereocenters. The van der Waals surface area contributed by atoms with Crippen LogP contribution < -0.4 is 0 Å². The first-order valence-corrected chi connectivity index (χ1v) is 12.5. The highest BCUT2D eigenvalue weighted by Gasteiger charge is 2.53. The smallest absolute Gasteiger partial charge is 0.123 e. The van der Waals surface area contributed by atoms with E-state index in [1.807, 2.05) is 12.1 Å². The molecule has 2 saturated carbocycles.